The lowest BCUT2D eigenvalue weighted by molar-refractivity contribution is 0.214. The van der Waals surface area contributed by atoms with Crippen LogP contribution >= 0.6 is 0 Å². The molecule has 0 spiro atoms. The SMILES string of the molecule is Cc1cccc2c1OCC(CCN)C2. The Morgan fingerprint density at radius 3 is 3.14 bits per heavy atom. The van der Waals surface area contributed by atoms with Crippen LogP contribution < -0.4 is 10.5 Å². The van der Waals surface area contributed by atoms with E-state index in [1.54, 1.807) is 0 Å². The van der Waals surface area contributed by atoms with Crippen molar-refractivity contribution in [1.29, 1.82) is 0 Å². The molecule has 0 saturated carbocycles. The number of ether oxygens (including phenoxy) is 1. The van der Waals surface area contributed by atoms with Crippen LogP contribution in [-0.2, 0) is 6.42 Å². The lowest BCUT2D eigenvalue weighted by atomic mass is 9.93. The highest BCUT2D eigenvalue weighted by molar-refractivity contribution is 5.42. The Labute approximate surface area is 85.1 Å². The molecule has 0 aliphatic carbocycles. The fraction of sp³-hybridized carbons (Fsp3) is 0.500. The zero-order chi connectivity index (χ0) is 9.97. The Balaban J connectivity index is 2.18. The van der Waals surface area contributed by atoms with Gasteiger partial charge in [0.15, 0.2) is 0 Å². The van der Waals surface area contributed by atoms with Gasteiger partial charge in [0.2, 0.25) is 0 Å². The minimum atomic E-state index is 0.606. The van der Waals surface area contributed by atoms with Crippen LogP contribution in [0.4, 0.5) is 0 Å². The van der Waals surface area contributed by atoms with E-state index in [0.717, 1.165) is 31.7 Å². The lowest BCUT2D eigenvalue weighted by Crippen LogP contribution is -2.23. The summed E-state index contributed by atoms with van der Waals surface area (Å²) in [6, 6.07) is 6.36. The molecule has 1 aromatic rings. The second-order valence-corrected chi connectivity index (χ2v) is 4.02. The van der Waals surface area contributed by atoms with Gasteiger partial charge in [-0.25, -0.2) is 0 Å². The normalized spacial score (nSPS) is 20.0. The summed E-state index contributed by atoms with van der Waals surface area (Å²) in [6.45, 7) is 3.69. The van der Waals surface area contributed by atoms with Gasteiger partial charge in [0, 0.05) is 0 Å². The molecule has 2 rings (SSSR count). The first kappa shape index (κ1) is 9.53. The highest BCUT2D eigenvalue weighted by atomic mass is 16.5. The summed E-state index contributed by atoms with van der Waals surface area (Å²) < 4.78 is 5.76. The maximum Gasteiger partial charge on any atom is 0.125 e. The molecule has 76 valence electrons. The predicted octanol–water partition coefficient (Wildman–Crippen LogP) is 1.89. The monoisotopic (exact) mass is 191 g/mol. The average Bonchev–Trinajstić information content (AvgIpc) is 2.18. The smallest absolute Gasteiger partial charge is 0.125 e. The number of benzene rings is 1. The maximum atomic E-state index is 5.76. The number of nitrogens with two attached hydrogens (primary N) is 1. The van der Waals surface area contributed by atoms with Gasteiger partial charge in [-0.2, -0.15) is 0 Å². The van der Waals surface area contributed by atoms with Gasteiger partial charge in [-0.15, -0.1) is 0 Å². The molecule has 0 amide bonds. The van der Waals surface area contributed by atoms with E-state index in [4.69, 9.17) is 10.5 Å². The van der Waals surface area contributed by atoms with E-state index in [0.29, 0.717) is 5.92 Å². The van der Waals surface area contributed by atoms with E-state index < -0.39 is 0 Å². The van der Waals surface area contributed by atoms with E-state index in [9.17, 15) is 0 Å². The van der Waals surface area contributed by atoms with Gasteiger partial charge in [0.25, 0.3) is 0 Å². The van der Waals surface area contributed by atoms with Crippen LogP contribution in [0.25, 0.3) is 0 Å². The number of rotatable bonds is 2. The lowest BCUT2D eigenvalue weighted by Gasteiger charge is -2.26. The molecule has 0 radical (unpaired) electrons. The van der Waals surface area contributed by atoms with Gasteiger partial charge in [-0.3, -0.25) is 0 Å². The van der Waals surface area contributed by atoms with Crippen LogP contribution in [0, 0.1) is 12.8 Å². The molecular formula is C12H17NO. The van der Waals surface area contributed by atoms with Gasteiger partial charge in [0.05, 0.1) is 6.61 Å². The van der Waals surface area contributed by atoms with Crippen LogP contribution in [0.1, 0.15) is 17.5 Å². The van der Waals surface area contributed by atoms with Crippen molar-refractivity contribution < 1.29 is 4.74 Å². The van der Waals surface area contributed by atoms with Crippen LogP contribution in [0.2, 0.25) is 0 Å². The quantitative estimate of drug-likeness (QED) is 0.774. The molecule has 1 aliphatic heterocycles. The Bertz CT molecular complexity index is 322. The van der Waals surface area contributed by atoms with Crippen LogP contribution in [-0.4, -0.2) is 13.2 Å². The molecule has 14 heavy (non-hydrogen) atoms. The first-order chi connectivity index (χ1) is 6.81. The summed E-state index contributed by atoms with van der Waals surface area (Å²) in [6.07, 6.45) is 2.18. The summed E-state index contributed by atoms with van der Waals surface area (Å²) in [5, 5.41) is 0. The predicted molar refractivity (Wildman–Crippen MR) is 57.5 cm³/mol. The van der Waals surface area contributed by atoms with Crippen molar-refractivity contribution >= 4 is 0 Å². The van der Waals surface area contributed by atoms with Gasteiger partial charge in [-0.05, 0) is 43.4 Å². The second-order valence-electron chi connectivity index (χ2n) is 4.02. The molecular weight excluding hydrogens is 174 g/mol. The Morgan fingerprint density at radius 1 is 1.50 bits per heavy atom. The largest absolute Gasteiger partial charge is 0.493 e. The minimum Gasteiger partial charge on any atom is -0.493 e. The fourth-order valence-electron chi connectivity index (χ4n) is 2.07. The zero-order valence-corrected chi connectivity index (χ0v) is 8.62. The third-order valence-corrected chi connectivity index (χ3v) is 2.84. The van der Waals surface area contributed by atoms with Crippen LogP contribution in [0.3, 0.4) is 0 Å². The Kier molecular flexibility index (Phi) is 2.73. The number of hydrogen-bond donors (Lipinski definition) is 1. The first-order valence-electron chi connectivity index (χ1n) is 5.22. The summed E-state index contributed by atoms with van der Waals surface area (Å²) >= 11 is 0. The Morgan fingerprint density at radius 2 is 2.36 bits per heavy atom. The molecule has 1 heterocycles. The highest BCUT2D eigenvalue weighted by Crippen LogP contribution is 2.31. The van der Waals surface area contributed by atoms with Gasteiger partial charge < -0.3 is 10.5 Å². The number of fused-ring (bicyclic) bond motifs is 1. The maximum absolute atomic E-state index is 5.76. The van der Waals surface area contributed by atoms with E-state index >= 15 is 0 Å². The molecule has 1 aromatic carbocycles. The van der Waals surface area contributed by atoms with E-state index in [2.05, 4.69) is 25.1 Å². The molecule has 0 saturated heterocycles. The fourth-order valence-corrected chi connectivity index (χ4v) is 2.07. The van der Waals surface area contributed by atoms with Crippen molar-refractivity contribution in [3.05, 3.63) is 29.3 Å². The van der Waals surface area contributed by atoms with E-state index in [1.165, 1.54) is 11.1 Å². The average molecular weight is 191 g/mol. The van der Waals surface area contributed by atoms with Crippen molar-refractivity contribution in [2.75, 3.05) is 13.2 Å². The molecule has 2 heteroatoms. The van der Waals surface area contributed by atoms with Gasteiger partial charge in [0.1, 0.15) is 5.75 Å². The Hall–Kier alpha value is -1.02. The minimum absolute atomic E-state index is 0.606. The van der Waals surface area contributed by atoms with Crippen molar-refractivity contribution in [3.63, 3.8) is 0 Å². The molecule has 1 atom stereocenters. The van der Waals surface area contributed by atoms with Crippen LogP contribution in [0.15, 0.2) is 18.2 Å². The third-order valence-electron chi connectivity index (χ3n) is 2.84. The third kappa shape index (κ3) is 1.75. The number of para-hydroxylation sites is 1. The van der Waals surface area contributed by atoms with Crippen LogP contribution in [0.5, 0.6) is 5.75 Å². The second kappa shape index (κ2) is 4.01. The molecule has 2 N–H and O–H groups in total. The topological polar surface area (TPSA) is 35.2 Å². The van der Waals surface area contributed by atoms with Gasteiger partial charge >= 0.3 is 0 Å². The standard InChI is InChI=1S/C12H17NO/c1-9-3-2-4-11-7-10(5-6-13)8-14-12(9)11/h2-4,10H,5-8,13H2,1H3. The van der Waals surface area contributed by atoms with Crippen molar-refractivity contribution in [2.24, 2.45) is 11.7 Å². The summed E-state index contributed by atoms with van der Waals surface area (Å²) in [5.74, 6) is 1.70. The molecule has 1 unspecified atom stereocenters. The zero-order valence-electron chi connectivity index (χ0n) is 8.62. The molecule has 0 aromatic heterocycles. The summed E-state index contributed by atoms with van der Waals surface area (Å²) in [4.78, 5) is 0. The molecule has 0 fully saturated rings. The molecule has 2 nitrogen and oxygen atoms in total. The molecule has 1 aliphatic rings. The number of hydrogen-bond acceptors (Lipinski definition) is 2. The van der Waals surface area contributed by atoms with E-state index in [-0.39, 0.29) is 0 Å². The summed E-state index contributed by atoms with van der Waals surface area (Å²) in [5.41, 5.74) is 8.14. The van der Waals surface area contributed by atoms with E-state index in [1.807, 2.05) is 0 Å². The van der Waals surface area contributed by atoms with Gasteiger partial charge in [-0.1, -0.05) is 18.2 Å². The summed E-state index contributed by atoms with van der Waals surface area (Å²) in [7, 11) is 0. The van der Waals surface area contributed by atoms with Crippen molar-refractivity contribution in [2.45, 2.75) is 19.8 Å². The number of aryl methyl sites for hydroxylation is 1. The molecule has 0 bridgehead atoms. The van der Waals surface area contributed by atoms with Crippen molar-refractivity contribution in [3.8, 4) is 5.75 Å². The van der Waals surface area contributed by atoms with Crippen molar-refractivity contribution in [1.82, 2.24) is 0 Å². The highest BCUT2D eigenvalue weighted by Gasteiger charge is 2.19. The first-order valence-corrected chi connectivity index (χ1v) is 5.22.